The monoisotopic (exact) mass is 269 g/mol. The summed E-state index contributed by atoms with van der Waals surface area (Å²) in [4.78, 5) is 2.17. The Morgan fingerprint density at radius 2 is 1.60 bits per heavy atom. The van der Waals surface area contributed by atoms with Crippen molar-refractivity contribution in [1.29, 1.82) is 0 Å². The Kier molecular flexibility index (Phi) is 4.80. The fraction of sp³-hybridized carbons (Fsp3) is 0.333. The van der Waals surface area contributed by atoms with E-state index in [9.17, 15) is 5.11 Å². The molecule has 0 aliphatic heterocycles. The first-order valence-corrected chi connectivity index (χ1v) is 7.08. The molecule has 2 aromatic rings. The number of aliphatic hydroxyl groups excluding tert-OH is 1. The molecular weight excluding hydrogens is 246 g/mol. The zero-order valence-electron chi connectivity index (χ0n) is 12.5. The highest BCUT2D eigenvalue weighted by atomic mass is 16.3. The summed E-state index contributed by atoms with van der Waals surface area (Å²) in [6, 6.07) is 16.5. The van der Waals surface area contributed by atoms with Gasteiger partial charge in [-0.3, -0.25) is 0 Å². The van der Waals surface area contributed by atoms with Gasteiger partial charge in [0, 0.05) is 19.3 Å². The largest absolute Gasteiger partial charge is 0.388 e. The zero-order valence-corrected chi connectivity index (χ0v) is 12.5. The molecule has 1 N–H and O–H groups in total. The summed E-state index contributed by atoms with van der Waals surface area (Å²) in [5.41, 5.74) is 4.61. The SMILES string of the molecule is Cc1cc(C)cc(C(O)CCN(C)c2ccccc2)c1. The zero-order chi connectivity index (χ0) is 14.5. The van der Waals surface area contributed by atoms with Gasteiger partial charge >= 0.3 is 0 Å². The van der Waals surface area contributed by atoms with Crippen LogP contribution in [0.3, 0.4) is 0 Å². The van der Waals surface area contributed by atoms with Gasteiger partial charge in [-0.05, 0) is 38.0 Å². The molecule has 0 bridgehead atoms. The van der Waals surface area contributed by atoms with Crippen LogP contribution in [-0.4, -0.2) is 18.7 Å². The second-order valence-corrected chi connectivity index (χ2v) is 5.48. The lowest BCUT2D eigenvalue weighted by molar-refractivity contribution is 0.169. The predicted octanol–water partition coefficient (Wildman–Crippen LogP) is 3.86. The molecule has 2 heteroatoms. The number of hydrogen-bond acceptors (Lipinski definition) is 2. The molecule has 20 heavy (non-hydrogen) atoms. The van der Waals surface area contributed by atoms with Crippen molar-refractivity contribution in [3.8, 4) is 0 Å². The summed E-state index contributed by atoms with van der Waals surface area (Å²) >= 11 is 0. The Morgan fingerprint density at radius 1 is 1.00 bits per heavy atom. The van der Waals surface area contributed by atoms with Gasteiger partial charge in [0.2, 0.25) is 0 Å². The van der Waals surface area contributed by atoms with Gasteiger partial charge in [0.15, 0.2) is 0 Å². The van der Waals surface area contributed by atoms with E-state index in [-0.39, 0.29) is 0 Å². The Hall–Kier alpha value is -1.80. The molecule has 0 heterocycles. The number of aliphatic hydroxyl groups is 1. The minimum absolute atomic E-state index is 0.403. The highest BCUT2D eigenvalue weighted by Crippen LogP contribution is 2.21. The molecule has 0 fully saturated rings. The van der Waals surface area contributed by atoms with E-state index in [1.54, 1.807) is 0 Å². The highest BCUT2D eigenvalue weighted by molar-refractivity contribution is 5.44. The maximum absolute atomic E-state index is 10.3. The fourth-order valence-electron chi connectivity index (χ4n) is 2.50. The molecule has 0 radical (unpaired) electrons. The van der Waals surface area contributed by atoms with Gasteiger partial charge in [-0.15, -0.1) is 0 Å². The van der Waals surface area contributed by atoms with Crippen LogP contribution in [0.2, 0.25) is 0 Å². The van der Waals surface area contributed by atoms with E-state index in [1.807, 2.05) is 18.2 Å². The molecule has 0 aromatic heterocycles. The van der Waals surface area contributed by atoms with Gasteiger partial charge in [0.1, 0.15) is 0 Å². The molecule has 1 unspecified atom stereocenters. The van der Waals surface area contributed by atoms with Crippen molar-refractivity contribution in [2.75, 3.05) is 18.5 Å². The topological polar surface area (TPSA) is 23.5 Å². The van der Waals surface area contributed by atoms with Crippen molar-refractivity contribution >= 4 is 5.69 Å². The Morgan fingerprint density at radius 3 is 2.20 bits per heavy atom. The number of aryl methyl sites for hydroxylation is 2. The van der Waals surface area contributed by atoms with Crippen LogP contribution in [0.25, 0.3) is 0 Å². The third-order valence-electron chi connectivity index (χ3n) is 3.56. The number of nitrogens with zero attached hydrogens (tertiary/aromatic N) is 1. The van der Waals surface area contributed by atoms with Crippen LogP contribution in [0.5, 0.6) is 0 Å². The van der Waals surface area contributed by atoms with Crippen molar-refractivity contribution < 1.29 is 5.11 Å². The Bertz CT molecular complexity index is 530. The van der Waals surface area contributed by atoms with Gasteiger partial charge in [0.25, 0.3) is 0 Å². The lowest BCUT2D eigenvalue weighted by Crippen LogP contribution is -2.20. The second-order valence-electron chi connectivity index (χ2n) is 5.48. The molecule has 106 valence electrons. The van der Waals surface area contributed by atoms with Crippen LogP contribution >= 0.6 is 0 Å². The van der Waals surface area contributed by atoms with E-state index in [2.05, 4.69) is 56.1 Å². The second kappa shape index (κ2) is 6.58. The van der Waals surface area contributed by atoms with Crippen LogP contribution < -0.4 is 4.90 Å². The van der Waals surface area contributed by atoms with Crippen LogP contribution in [-0.2, 0) is 0 Å². The van der Waals surface area contributed by atoms with E-state index < -0.39 is 6.10 Å². The van der Waals surface area contributed by atoms with E-state index in [0.717, 1.165) is 18.5 Å². The standard InChI is InChI=1S/C18H23NO/c1-14-11-15(2)13-16(12-14)18(20)9-10-19(3)17-7-5-4-6-8-17/h4-8,11-13,18,20H,9-10H2,1-3H3. The smallest absolute Gasteiger partial charge is 0.0807 e. The summed E-state index contributed by atoms with van der Waals surface area (Å²) in [6.07, 6.45) is 0.327. The van der Waals surface area contributed by atoms with Crippen molar-refractivity contribution in [1.82, 2.24) is 0 Å². The number of benzene rings is 2. The third kappa shape index (κ3) is 3.84. The highest BCUT2D eigenvalue weighted by Gasteiger charge is 2.10. The Labute approximate surface area is 121 Å². The molecule has 0 aliphatic rings. The van der Waals surface area contributed by atoms with Gasteiger partial charge in [-0.2, -0.15) is 0 Å². The minimum Gasteiger partial charge on any atom is -0.388 e. The molecule has 2 aromatic carbocycles. The average Bonchev–Trinajstić information content (AvgIpc) is 2.44. The van der Waals surface area contributed by atoms with Crippen LogP contribution in [0, 0.1) is 13.8 Å². The quantitative estimate of drug-likeness (QED) is 0.891. The van der Waals surface area contributed by atoms with Gasteiger partial charge in [-0.1, -0.05) is 47.5 Å². The van der Waals surface area contributed by atoms with Gasteiger partial charge in [0.05, 0.1) is 6.10 Å². The summed E-state index contributed by atoms with van der Waals surface area (Å²) in [5, 5.41) is 10.3. The minimum atomic E-state index is -0.403. The molecule has 0 saturated carbocycles. The molecule has 0 amide bonds. The number of anilines is 1. The summed E-state index contributed by atoms with van der Waals surface area (Å²) < 4.78 is 0. The first-order chi connectivity index (χ1) is 9.56. The van der Waals surface area contributed by atoms with E-state index in [0.29, 0.717) is 0 Å². The average molecular weight is 269 g/mol. The van der Waals surface area contributed by atoms with Crippen LogP contribution in [0.4, 0.5) is 5.69 Å². The number of rotatable bonds is 5. The molecule has 0 spiro atoms. The predicted molar refractivity (Wildman–Crippen MR) is 85.2 cm³/mol. The third-order valence-corrected chi connectivity index (χ3v) is 3.56. The van der Waals surface area contributed by atoms with Crippen LogP contribution in [0.1, 0.15) is 29.2 Å². The summed E-state index contributed by atoms with van der Waals surface area (Å²) in [5.74, 6) is 0. The normalized spacial score (nSPS) is 12.2. The molecular formula is C18H23NO. The molecule has 0 aliphatic carbocycles. The van der Waals surface area contributed by atoms with E-state index in [1.165, 1.54) is 16.8 Å². The van der Waals surface area contributed by atoms with Crippen molar-refractivity contribution in [2.45, 2.75) is 26.4 Å². The molecule has 0 saturated heterocycles. The number of para-hydroxylation sites is 1. The van der Waals surface area contributed by atoms with Gasteiger partial charge < -0.3 is 10.0 Å². The van der Waals surface area contributed by atoms with Crippen LogP contribution in [0.15, 0.2) is 48.5 Å². The lowest BCUT2D eigenvalue weighted by Gasteiger charge is -2.21. The molecule has 2 nitrogen and oxygen atoms in total. The molecule has 1 atom stereocenters. The summed E-state index contributed by atoms with van der Waals surface area (Å²) in [6.45, 7) is 4.97. The first kappa shape index (κ1) is 14.6. The maximum Gasteiger partial charge on any atom is 0.0807 e. The van der Waals surface area contributed by atoms with E-state index >= 15 is 0 Å². The number of hydrogen-bond donors (Lipinski definition) is 1. The Balaban J connectivity index is 1.96. The first-order valence-electron chi connectivity index (χ1n) is 7.08. The molecule has 2 rings (SSSR count). The van der Waals surface area contributed by atoms with Crippen molar-refractivity contribution in [3.63, 3.8) is 0 Å². The van der Waals surface area contributed by atoms with Crippen molar-refractivity contribution in [3.05, 3.63) is 65.2 Å². The summed E-state index contributed by atoms with van der Waals surface area (Å²) in [7, 11) is 2.06. The van der Waals surface area contributed by atoms with Crippen molar-refractivity contribution in [2.24, 2.45) is 0 Å². The fourth-order valence-corrected chi connectivity index (χ4v) is 2.50. The van der Waals surface area contributed by atoms with E-state index in [4.69, 9.17) is 0 Å². The maximum atomic E-state index is 10.3. The van der Waals surface area contributed by atoms with Gasteiger partial charge in [-0.25, -0.2) is 0 Å². The lowest BCUT2D eigenvalue weighted by atomic mass is 10.0.